The zero-order valence-electron chi connectivity index (χ0n) is 16.3. The number of hydrogen-bond acceptors (Lipinski definition) is 3. The lowest BCUT2D eigenvalue weighted by molar-refractivity contribution is 0.0730. The lowest BCUT2D eigenvalue weighted by atomic mass is 10.1. The minimum absolute atomic E-state index is 0.150. The van der Waals surface area contributed by atoms with Gasteiger partial charge in [0.1, 0.15) is 12.2 Å². The first kappa shape index (κ1) is 18.4. The van der Waals surface area contributed by atoms with Crippen molar-refractivity contribution in [3.8, 4) is 0 Å². The molecule has 0 radical (unpaired) electrons. The second-order valence-corrected chi connectivity index (χ2v) is 7.56. The van der Waals surface area contributed by atoms with E-state index in [0.29, 0.717) is 0 Å². The quantitative estimate of drug-likeness (QED) is 0.658. The van der Waals surface area contributed by atoms with Crippen LogP contribution in [0.15, 0.2) is 60.9 Å². The van der Waals surface area contributed by atoms with Gasteiger partial charge in [0.15, 0.2) is 0 Å². The summed E-state index contributed by atoms with van der Waals surface area (Å²) in [6, 6.07) is 18.5. The number of carbonyl (C=O) groups excluding carboxylic acids is 1. The topological polar surface area (TPSA) is 51.0 Å². The third kappa shape index (κ3) is 4.14. The molecule has 1 aliphatic rings. The molecule has 2 aromatic carbocycles. The molecule has 0 saturated carbocycles. The van der Waals surface area contributed by atoms with E-state index in [1.54, 1.807) is 6.33 Å². The summed E-state index contributed by atoms with van der Waals surface area (Å²) in [5.74, 6) is 1.13. The number of rotatable bonds is 6. The van der Waals surface area contributed by atoms with Gasteiger partial charge < -0.3 is 9.47 Å². The minimum atomic E-state index is 0.150. The number of nitrogens with zero attached hydrogens (tertiary/aromatic N) is 4. The summed E-state index contributed by atoms with van der Waals surface area (Å²) < 4.78 is 2.11. The van der Waals surface area contributed by atoms with Gasteiger partial charge in [0.2, 0.25) is 0 Å². The fraction of sp³-hybridized carbons (Fsp3) is 0.348. The first-order chi connectivity index (χ1) is 13.7. The van der Waals surface area contributed by atoms with Gasteiger partial charge in [-0.2, -0.15) is 0 Å². The lowest BCUT2D eigenvalue weighted by Gasteiger charge is -2.25. The molecular formula is C23H26N4O. The Kier molecular flexibility index (Phi) is 5.51. The van der Waals surface area contributed by atoms with E-state index < -0.39 is 0 Å². The minimum Gasteiger partial charge on any atom is -0.336 e. The van der Waals surface area contributed by atoms with Crippen LogP contribution in [-0.2, 0) is 13.0 Å². The van der Waals surface area contributed by atoms with Crippen LogP contribution < -0.4 is 0 Å². The van der Waals surface area contributed by atoms with Crippen molar-refractivity contribution in [2.45, 2.75) is 45.2 Å². The second kappa shape index (κ2) is 8.38. The van der Waals surface area contributed by atoms with Crippen LogP contribution in [0.2, 0.25) is 0 Å². The van der Waals surface area contributed by atoms with Gasteiger partial charge in [-0.3, -0.25) is 4.79 Å². The summed E-state index contributed by atoms with van der Waals surface area (Å²) in [5, 5.41) is 8.43. The van der Waals surface area contributed by atoms with Crippen molar-refractivity contribution in [3.63, 3.8) is 0 Å². The van der Waals surface area contributed by atoms with E-state index in [2.05, 4.69) is 26.9 Å². The van der Waals surface area contributed by atoms with Crippen LogP contribution in [0, 0.1) is 6.92 Å². The van der Waals surface area contributed by atoms with E-state index in [4.69, 9.17) is 0 Å². The van der Waals surface area contributed by atoms with Crippen LogP contribution in [0.25, 0.3) is 0 Å². The molecule has 1 aliphatic heterocycles. The molecule has 1 amide bonds. The Bertz CT molecular complexity index is 935. The van der Waals surface area contributed by atoms with Crippen molar-refractivity contribution in [3.05, 3.63) is 83.4 Å². The summed E-state index contributed by atoms with van der Waals surface area (Å²) in [6.45, 7) is 3.64. The van der Waals surface area contributed by atoms with Crippen molar-refractivity contribution < 1.29 is 4.79 Å². The first-order valence-corrected chi connectivity index (χ1v) is 9.99. The number of hydrogen-bond donors (Lipinski definition) is 0. The summed E-state index contributed by atoms with van der Waals surface area (Å²) in [4.78, 5) is 15.0. The monoisotopic (exact) mass is 374 g/mol. The predicted molar refractivity (Wildman–Crippen MR) is 109 cm³/mol. The highest BCUT2D eigenvalue weighted by atomic mass is 16.2. The Morgan fingerprint density at radius 2 is 2.00 bits per heavy atom. The van der Waals surface area contributed by atoms with Gasteiger partial charge in [0.05, 0.1) is 6.54 Å². The Morgan fingerprint density at radius 3 is 2.82 bits per heavy atom. The molecule has 0 aliphatic carbocycles. The number of likely N-dealkylation sites (tertiary alicyclic amines) is 1. The first-order valence-electron chi connectivity index (χ1n) is 9.99. The third-order valence-electron chi connectivity index (χ3n) is 5.50. The van der Waals surface area contributed by atoms with Gasteiger partial charge in [0, 0.05) is 24.6 Å². The smallest absolute Gasteiger partial charge is 0.254 e. The summed E-state index contributed by atoms with van der Waals surface area (Å²) in [6.07, 6.45) is 5.68. The average Bonchev–Trinajstić information content (AvgIpc) is 3.36. The van der Waals surface area contributed by atoms with Crippen LogP contribution in [0.5, 0.6) is 0 Å². The molecule has 4 rings (SSSR count). The van der Waals surface area contributed by atoms with E-state index in [1.165, 1.54) is 5.56 Å². The van der Waals surface area contributed by atoms with Crippen LogP contribution >= 0.6 is 0 Å². The van der Waals surface area contributed by atoms with Gasteiger partial charge in [-0.25, -0.2) is 0 Å². The van der Waals surface area contributed by atoms with Gasteiger partial charge >= 0.3 is 0 Å². The van der Waals surface area contributed by atoms with E-state index in [0.717, 1.165) is 55.7 Å². The molecule has 3 aromatic rings. The maximum absolute atomic E-state index is 13.0. The third-order valence-corrected chi connectivity index (χ3v) is 5.50. The zero-order valence-corrected chi connectivity index (χ0v) is 16.3. The highest BCUT2D eigenvalue weighted by Crippen LogP contribution is 2.24. The molecule has 2 heterocycles. The molecule has 1 unspecified atom stereocenters. The maximum Gasteiger partial charge on any atom is 0.254 e. The van der Waals surface area contributed by atoms with Gasteiger partial charge in [-0.15, -0.1) is 10.2 Å². The lowest BCUT2D eigenvalue weighted by Crippen LogP contribution is -2.36. The van der Waals surface area contributed by atoms with E-state index in [-0.39, 0.29) is 11.9 Å². The molecule has 0 bridgehead atoms. The molecule has 0 N–H and O–H groups in total. The van der Waals surface area contributed by atoms with Gasteiger partial charge in [-0.1, -0.05) is 48.0 Å². The van der Waals surface area contributed by atoms with Crippen LogP contribution in [0.3, 0.4) is 0 Å². The predicted octanol–water partition coefficient (Wildman–Crippen LogP) is 3.87. The van der Waals surface area contributed by atoms with E-state index >= 15 is 0 Å². The standard InChI is InChI=1S/C23H26N4O/c1-18-7-5-10-20(15-18)23(28)27-14-6-11-21(27)12-13-22-25-24-17-26(22)16-19-8-3-2-4-9-19/h2-5,7-10,15,17,21H,6,11-14,16H2,1H3. The Morgan fingerprint density at radius 1 is 1.14 bits per heavy atom. The summed E-state index contributed by atoms with van der Waals surface area (Å²) in [7, 11) is 0. The fourth-order valence-corrected chi connectivity index (χ4v) is 4.03. The van der Waals surface area contributed by atoms with Gasteiger partial charge in [0.25, 0.3) is 5.91 Å². The summed E-state index contributed by atoms with van der Waals surface area (Å²) >= 11 is 0. The van der Waals surface area contributed by atoms with Crippen molar-refractivity contribution in [2.24, 2.45) is 0 Å². The molecule has 0 spiro atoms. The molecule has 144 valence electrons. The molecule has 5 heteroatoms. The molecule has 1 atom stereocenters. The largest absolute Gasteiger partial charge is 0.336 e. The highest BCUT2D eigenvalue weighted by molar-refractivity contribution is 5.94. The van der Waals surface area contributed by atoms with Crippen LogP contribution in [0.4, 0.5) is 0 Å². The maximum atomic E-state index is 13.0. The van der Waals surface area contributed by atoms with Crippen molar-refractivity contribution in [1.82, 2.24) is 19.7 Å². The molecule has 28 heavy (non-hydrogen) atoms. The Labute approximate surface area is 166 Å². The average molecular weight is 374 g/mol. The van der Waals surface area contributed by atoms with E-state index in [9.17, 15) is 4.79 Å². The number of aromatic nitrogens is 3. The van der Waals surface area contributed by atoms with Crippen molar-refractivity contribution in [2.75, 3.05) is 6.54 Å². The van der Waals surface area contributed by atoms with Crippen LogP contribution in [0.1, 0.15) is 46.6 Å². The molecule has 5 nitrogen and oxygen atoms in total. The zero-order chi connectivity index (χ0) is 19.3. The number of aryl methyl sites for hydroxylation is 2. The Balaban J connectivity index is 1.41. The number of benzene rings is 2. The van der Waals surface area contributed by atoms with Gasteiger partial charge in [-0.05, 0) is 43.9 Å². The molecule has 1 fully saturated rings. The number of amides is 1. The molecule has 1 saturated heterocycles. The fourth-order valence-electron chi connectivity index (χ4n) is 4.03. The normalized spacial score (nSPS) is 16.5. The molecular weight excluding hydrogens is 348 g/mol. The van der Waals surface area contributed by atoms with Crippen LogP contribution in [-0.4, -0.2) is 38.2 Å². The van der Waals surface area contributed by atoms with Crippen molar-refractivity contribution in [1.29, 1.82) is 0 Å². The highest BCUT2D eigenvalue weighted by Gasteiger charge is 2.29. The number of carbonyl (C=O) groups is 1. The SMILES string of the molecule is Cc1cccc(C(=O)N2CCCC2CCc2nncn2Cc2ccccc2)c1. The van der Waals surface area contributed by atoms with E-state index in [1.807, 2.05) is 54.3 Å². The Hall–Kier alpha value is -2.95. The van der Waals surface area contributed by atoms with Crippen molar-refractivity contribution >= 4 is 5.91 Å². The molecule has 1 aromatic heterocycles. The summed E-state index contributed by atoms with van der Waals surface area (Å²) in [5.41, 5.74) is 3.15. The second-order valence-electron chi connectivity index (χ2n) is 7.56.